The van der Waals surface area contributed by atoms with Crippen LogP contribution in [0.2, 0.25) is 0 Å². The van der Waals surface area contributed by atoms with Gasteiger partial charge >= 0.3 is 0 Å². The molecule has 25 heavy (non-hydrogen) atoms. The first kappa shape index (κ1) is 19.7. The predicted molar refractivity (Wildman–Crippen MR) is 106 cm³/mol. The highest BCUT2D eigenvalue weighted by atomic mass is 16.2. The molecule has 1 aliphatic heterocycles. The number of hydrogen-bond donors (Lipinski definition) is 0. The third-order valence-corrected chi connectivity index (χ3v) is 4.79. The number of amides is 1. The fourth-order valence-corrected chi connectivity index (χ4v) is 3.37. The Hall–Kier alpha value is -1.61. The SMILES string of the molecule is C=C(C)CCCC(=O)N1CCN(Cc2ccc(CC(C)C)cc2)CC1. The number of piperazine rings is 1. The molecule has 0 N–H and O–H groups in total. The summed E-state index contributed by atoms with van der Waals surface area (Å²) in [4.78, 5) is 16.7. The fraction of sp³-hybridized carbons (Fsp3) is 0.591. The second-order valence-electron chi connectivity index (χ2n) is 7.88. The number of carbonyl (C=O) groups excluding carboxylic acids is 1. The Morgan fingerprint density at radius 2 is 1.64 bits per heavy atom. The minimum absolute atomic E-state index is 0.305. The van der Waals surface area contributed by atoms with E-state index in [4.69, 9.17) is 0 Å². The number of carbonyl (C=O) groups is 1. The maximum atomic E-state index is 12.2. The van der Waals surface area contributed by atoms with Crippen LogP contribution in [0.3, 0.4) is 0 Å². The largest absolute Gasteiger partial charge is 0.340 e. The monoisotopic (exact) mass is 342 g/mol. The number of rotatable bonds is 8. The summed E-state index contributed by atoms with van der Waals surface area (Å²) < 4.78 is 0. The smallest absolute Gasteiger partial charge is 0.222 e. The molecule has 1 heterocycles. The summed E-state index contributed by atoms with van der Waals surface area (Å²) in [6.45, 7) is 15.1. The molecular weight excluding hydrogens is 308 g/mol. The van der Waals surface area contributed by atoms with E-state index in [1.165, 1.54) is 11.1 Å². The van der Waals surface area contributed by atoms with Crippen LogP contribution in [0.1, 0.15) is 51.2 Å². The minimum atomic E-state index is 0.305. The molecule has 0 aromatic heterocycles. The van der Waals surface area contributed by atoms with Crippen LogP contribution >= 0.6 is 0 Å². The van der Waals surface area contributed by atoms with Gasteiger partial charge in [0.05, 0.1) is 0 Å². The van der Waals surface area contributed by atoms with Gasteiger partial charge in [0, 0.05) is 39.1 Å². The molecule has 1 aliphatic rings. The van der Waals surface area contributed by atoms with Crippen LogP contribution in [0.4, 0.5) is 0 Å². The molecule has 0 spiro atoms. The van der Waals surface area contributed by atoms with Crippen molar-refractivity contribution < 1.29 is 4.79 Å². The van der Waals surface area contributed by atoms with Gasteiger partial charge in [0.1, 0.15) is 0 Å². The molecular formula is C22H34N2O. The first-order valence-corrected chi connectivity index (χ1v) is 9.66. The molecule has 2 rings (SSSR count). The lowest BCUT2D eigenvalue weighted by Crippen LogP contribution is -2.48. The Morgan fingerprint density at radius 3 is 2.20 bits per heavy atom. The van der Waals surface area contributed by atoms with Gasteiger partial charge in [0.2, 0.25) is 5.91 Å². The van der Waals surface area contributed by atoms with E-state index in [1.54, 1.807) is 0 Å². The summed E-state index contributed by atoms with van der Waals surface area (Å²) in [6, 6.07) is 9.03. The van der Waals surface area contributed by atoms with Crippen LogP contribution in [-0.4, -0.2) is 41.9 Å². The molecule has 0 bridgehead atoms. The molecule has 0 radical (unpaired) electrons. The van der Waals surface area contributed by atoms with Gasteiger partial charge in [-0.05, 0) is 43.2 Å². The summed E-state index contributed by atoms with van der Waals surface area (Å²) in [7, 11) is 0. The number of benzene rings is 1. The zero-order chi connectivity index (χ0) is 18.2. The molecule has 1 fully saturated rings. The Morgan fingerprint density at radius 1 is 1.04 bits per heavy atom. The van der Waals surface area contributed by atoms with Crippen LogP contribution in [0.15, 0.2) is 36.4 Å². The van der Waals surface area contributed by atoms with Crippen LogP contribution in [0.5, 0.6) is 0 Å². The van der Waals surface area contributed by atoms with Crippen LogP contribution in [-0.2, 0) is 17.8 Å². The second kappa shape index (κ2) is 9.76. The van der Waals surface area contributed by atoms with Gasteiger partial charge in [-0.1, -0.05) is 43.7 Å². The highest BCUT2D eigenvalue weighted by molar-refractivity contribution is 5.76. The summed E-state index contributed by atoms with van der Waals surface area (Å²) in [5, 5.41) is 0. The molecule has 0 aliphatic carbocycles. The van der Waals surface area contributed by atoms with Crippen molar-refractivity contribution in [3.8, 4) is 0 Å². The number of nitrogens with zero attached hydrogens (tertiary/aromatic N) is 2. The lowest BCUT2D eigenvalue weighted by atomic mass is 10.0. The van der Waals surface area contributed by atoms with E-state index in [-0.39, 0.29) is 0 Å². The summed E-state index contributed by atoms with van der Waals surface area (Å²) in [6.07, 6.45) is 3.69. The van der Waals surface area contributed by atoms with E-state index in [0.717, 1.165) is 57.6 Å². The lowest BCUT2D eigenvalue weighted by Gasteiger charge is -2.35. The number of hydrogen-bond acceptors (Lipinski definition) is 2. The van der Waals surface area contributed by atoms with E-state index in [0.29, 0.717) is 18.2 Å². The summed E-state index contributed by atoms with van der Waals surface area (Å²) in [5.74, 6) is 1.01. The van der Waals surface area contributed by atoms with Crippen molar-refractivity contribution in [2.75, 3.05) is 26.2 Å². The molecule has 0 saturated carbocycles. The average Bonchev–Trinajstić information content (AvgIpc) is 2.56. The van der Waals surface area contributed by atoms with Crippen molar-refractivity contribution in [1.29, 1.82) is 0 Å². The molecule has 138 valence electrons. The molecule has 1 amide bonds. The Balaban J connectivity index is 1.73. The van der Waals surface area contributed by atoms with Gasteiger partial charge in [-0.15, -0.1) is 6.58 Å². The molecule has 1 aromatic carbocycles. The van der Waals surface area contributed by atoms with Gasteiger partial charge in [0.15, 0.2) is 0 Å². The first-order valence-electron chi connectivity index (χ1n) is 9.66. The van der Waals surface area contributed by atoms with E-state index >= 15 is 0 Å². The highest BCUT2D eigenvalue weighted by Gasteiger charge is 2.20. The minimum Gasteiger partial charge on any atom is -0.340 e. The quantitative estimate of drug-likeness (QED) is 0.659. The first-order chi connectivity index (χ1) is 11.9. The Labute approximate surface area is 153 Å². The van der Waals surface area contributed by atoms with Crippen molar-refractivity contribution >= 4 is 5.91 Å². The maximum Gasteiger partial charge on any atom is 0.222 e. The van der Waals surface area contributed by atoms with Crippen molar-refractivity contribution in [3.05, 3.63) is 47.5 Å². The number of allylic oxidation sites excluding steroid dienone is 1. The van der Waals surface area contributed by atoms with E-state index in [9.17, 15) is 4.79 Å². The zero-order valence-corrected chi connectivity index (χ0v) is 16.3. The highest BCUT2D eigenvalue weighted by Crippen LogP contribution is 2.14. The van der Waals surface area contributed by atoms with Gasteiger partial charge in [-0.25, -0.2) is 0 Å². The molecule has 3 heteroatoms. The van der Waals surface area contributed by atoms with Crippen LogP contribution in [0.25, 0.3) is 0 Å². The van der Waals surface area contributed by atoms with E-state index in [1.807, 2.05) is 11.8 Å². The molecule has 0 unspecified atom stereocenters. The van der Waals surface area contributed by atoms with Crippen molar-refractivity contribution in [3.63, 3.8) is 0 Å². The van der Waals surface area contributed by atoms with Crippen molar-refractivity contribution in [2.24, 2.45) is 5.92 Å². The fourth-order valence-electron chi connectivity index (χ4n) is 3.37. The standard InChI is InChI=1S/C22H34N2O/c1-18(2)6-5-7-22(25)24-14-12-23(13-15-24)17-21-10-8-20(9-11-21)16-19(3)4/h8-11,19H,1,5-7,12-17H2,2-4H3. The van der Waals surface area contributed by atoms with Crippen molar-refractivity contribution in [1.82, 2.24) is 9.80 Å². The molecule has 1 saturated heterocycles. The van der Waals surface area contributed by atoms with Crippen LogP contribution in [0, 0.1) is 5.92 Å². The van der Waals surface area contributed by atoms with Crippen molar-refractivity contribution in [2.45, 2.75) is 53.0 Å². The topological polar surface area (TPSA) is 23.6 Å². The van der Waals surface area contributed by atoms with Gasteiger partial charge < -0.3 is 4.90 Å². The average molecular weight is 343 g/mol. The summed E-state index contributed by atoms with van der Waals surface area (Å²) in [5.41, 5.74) is 3.95. The molecule has 1 aromatic rings. The maximum absolute atomic E-state index is 12.2. The third kappa shape index (κ3) is 7.03. The molecule has 0 atom stereocenters. The Kier molecular flexibility index (Phi) is 7.70. The normalized spacial score (nSPS) is 15.6. The predicted octanol–water partition coefficient (Wildman–Crippen LogP) is 4.28. The van der Waals surface area contributed by atoms with Gasteiger partial charge in [-0.2, -0.15) is 0 Å². The third-order valence-electron chi connectivity index (χ3n) is 4.79. The van der Waals surface area contributed by atoms with Gasteiger partial charge in [0.25, 0.3) is 0 Å². The second-order valence-corrected chi connectivity index (χ2v) is 7.88. The van der Waals surface area contributed by atoms with Gasteiger partial charge in [-0.3, -0.25) is 9.69 Å². The van der Waals surface area contributed by atoms with Crippen LogP contribution < -0.4 is 0 Å². The van der Waals surface area contributed by atoms with E-state index < -0.39 is 0 Å². The Bertz CT molecular complexity index is 554. The lowest BCUT2D eigenvalue weighted by molar-refractivity contribution is -0.133. The molecule has 3 nitrogen and oxygen atoms in total. The summed E-state index contributed by atoms with van der Waals surface area (Å²) >= 11 is 0. The zero-order valence-electron chi connectivity index (χ0n) is 16.3. The van der Waals surface area contributed by atoms with E-state index in [2.05, 4.69) is 49.6 Å².